The third-order valence-corrected chi connectivity index (χ3v) is 39.5. The maximum absolute atomic E-state index is 2.40. The van der Waals surface area contributed by atoms with Crippen LogP contribution in [0, 0.1) is 187 Å². The Morgan fingerprint density at radius 1 is 0.167 bits per heavy atom. The first kappa shape index (κ1) is 124. The molecule has 0 amide bonds. The van der Waals surface area contributed by atoms with Crippen molar-refractivity contribution in [2.75, 3.05) is 0 Å². The van der Waals surface area contributed by atoms with Gasteiger partial charge in [0.05, 0.1) is 0 Å². The molecule has 12 aliphatic carbocycles. The van der Waals surface area contributed by atoms with E-state index in [9.17, 15) is 0 Å². The molecule has 0 aromatic heterocycles. The highest BCUT2D eigenvalue weighted by molar-refractivity contribution is 4.94. The second-order valence-corrected chi connectivity index (χ2v) is 50.8. The predicted octanol–water partition coefficient (Wildman–Crippen LogP) is 44.5. The van der Waals surface area contributed by atoms with Crippen molar-refractivity contribution >= 4 is 0 Å². The summed E-state index contributed by atoms with van der Waals surface area (Å²) in [4.78, 5) is 0. The van der Waals surface area contributed by atoms with Crippen LogP contribution in [0.1, 0.15) is 622 Å². The largest absolute Gasteiger partial charge is 0.0651 e. The van der Waals surface area contributed by atoms with Gasteiger partial charge in [-0.3, -0.25) is 0 Å². The topological polar surface area (TPSA) is 0 Å². The van der Waals surface area contributed by atoms with Gasteiger partial charge in [-0.15, -0.1) is 0 Å². The molecule has 8 atom stereocenters. The SMILES string of the molecule is CCC(C(C)C)C1CC1.CCC(C(C)C)C1CCC1.CCC(C(C)C)C1CCCC1.CCC(C(C)C)C1CCCCC1.CCC(CC1CC1)C(C)C.CCC(CC1CCC1)C(C)C.CCC(CC1CCCC1)C(C)C.CCC(CC1CCCCC1)C(C)C.CCC1(C(C)C)CC1.CCC1(C(C)C)CCC1.CCC1(C(C)C)CCCC1.CCC1(C(C)C)CCCCC1. The Balaban J connectivity index is 0.000000688. The van der Waals surface area contributed by atoms with Gasteiger partial charge >= 0.3 is 0 Å². The molecule has 756 valence electrons. The van der Waals surface area contributed by atoms with Gasteiger partial charge in [-0.25, -0.2) is 0 Å². The highest BCUT2D eigenvalue weighted by Gasteiger charge is 2.44. The summed E-state index contributed by atoms with van der Waals surface area (Å²) in [6.07, 6.45) is 85.6. The van der Waals surface area contributed by atoms with Crippen molar-refractivity contribution in [1.29, 1.82) is 0 Å². The van der Waals surface area contributed by atoms with Crippen LogP contribution < -0.4 is 0 Å². The van der Waals surface area contributed by atoms with E-state index in [2.05, 4.69) is 249 Å². The van der Waals surface area contributed by atoms with Crippen LogP contribution in [-0.2, 0) is 0 Å². The van der Waals surface area contributed by atoms with E-state index in [0.29, 0.717) is 0 Å². The molecule has 0 saturated heterocycles. The molecule has 0 nitrogen and oxygen atoms in total. The highest BCUT2D eigenvalue weighted by Crippen LogP contribution is 2.55. The summed E-state index contributed by atoms with van der Waals surface area (Å²) in [5.41, 5.74) is 3.01. The van der Waals surface area contributed by atoms with Crippen molar-refractivity contribution in [2.24, 2.45) is 187 Å². The molecule has 0 aromatic carbocycles. The van der Waals surface area contributed by atoms with Crippen molar-refractivity contribution in [3.63, 3.8) is 0 Å². The van der Waals surface area contributed by atoms with Crippen LogP contribution in [0.5, 0.6) is 0 Å². The van der Waals surface area contributed by atoms with Gasteiger partial charge in [-0.1, -0.05) is 532 Å². The van der Waals surface area contributed by atoms with Crippen LogP contribution in [0.3, 0.4) is 0 Å². The Labute approximate surface area is 803 Å². The molecular weight excluding hydrogens is 1510 g/mol. The first-order valence-electron chi connectivity index (χ1n) is 59.8. The van der Waals surface area contributed by atoms with Crippen molar-refractivity contribution in [3.8, 4) is 0 Å². The molecule has 0 radical (unpaired) electrons. The molecule has 126 heavy (non-hydrogen) atoms. The van der Waals surface area contributed by atoms with Crippen LogP contribution in [-0.4, -0.2) is 0 Å². The second kappa shape index (κ2) is 69.7. The second-order valence-electron chi connectivity index (χ2n) is 50.8. The Morgan fingerprint density at radius 3 is 0.484 bits per heavy atom. The summed E-state index contributed by atoms with van der Waals surface area (Å²) in [5, 5.41) is 0. The van der Waals surface area contributed by atoms with Crippen LogP contribution >= 0.6 is 0 Å². The van der Waals surface area contributed by atoms with E-state index >= 15 is 0 Å². The molecule has 0 N–H and O–H groups in total. The molecule has 0 heterocycles. The first-order chi connectivity index (χ1) is 59.8. The highest BCUT2D eigenvalue weighted by atomic mass is 14.5. The lowest BCUT2D eigenvalue weighted by Gasteiger charge is -2.45. The zero-order valence-corrected chi connectivity index (χ0v) is 95.2. The molecule has 12 aliphatic rings. The van der Waals surface area contributed by atoms with Gasteiger partial charge < -0.3 is 0 Å². The predicted molar refractivity (Wildman–Crippen MR) is 580 cm³/mol. The fraction of sp³-hybridized carbons (Fsp3) is 1.00. The lowest BCUT2D eigenvalue weighted by atomic mass is 9.61. The fourth-order valence-electron chi connectivity index (χ4n) is 27.3. The molecular formula is C126H252. The lowest BCUT2D eigenvalue weighted by Crippen LogP contribution is -2.33. The lowest BCUT2D eigenvalue weighted by molar-refractivity contribution is 0.0637. The van der Waals surface area contributed by atoms with Gasteiger partial charge in [0.1, 0.15) is 0 Å². The zero-order valence-electron chi connectivity index (χ0n) is 95.2. The number of rotatable bonds is 36. The maximum Gasteiger partial charge on any atom is -0.0277 e. The summed E-state index contributed by atoms with van der Waals surface area (Å²) in [6, 6.07) is 0. The maximum atomic E-state index is 2.40. The average molecular weight is 1770 g/mol. The molecule has 0 aromatic rings. The molecule has 12 saturated carbocycles. The van der Waals surface area contributed by atoms with Gasteiger partial charge in [0, 0.05) is 0 Å². The quantitative estimate of drug-likeness (QED) is 0.0587. The minimum atomic E-state index is 0.720. The molecule has 0 aliphatic heterocycles. The smallest absolute Gasteiger partial charge is 0.0277 e. The normalized spacial score (nSPS) is 22.9. The van der Waals surface area contributed by atoms with Crippen LogP contribution in [0.15, 0.2) is 0 Å². The molecule has 12 rings (SSSR count). The Bertz CT molecular complexity index is 2350. The summed E-state index contributed by atoms with van der Waals surface area (Å²) < 4.78 is 0. The van der Waals surface area contributed by atoms with E-state index in [4.69, 9.17) is 0 Å². The van der Waals surface area contributed by atoms with E-state index < -0.39 is 0 Å². The average Bonchev–Trinajstić information content (AvgIpc) is 1.58. The number of hydrogen-bond donors (Lipinski definition) is 0. The molecule has 12 fully saturated rings. The van der Waals surface area contributed by atoms with E-state index in [1.165, 1.54) is 372 Å². The zero-order chi connectivity index (χ0) is 95.2. The van der Waals surface area contributed by atoms with Crippen LogP contribution in [0.2, 0.25) is 0 Å². The Hall–Kier alpha value is 0. The van der Waals surface area contributed by atoms with Gasteiger partial charge in [0.2, 0.25) is 0 Å². The Kier molecular flexibility index (Phi) is 68.6. The monoisotopic (exact) mass is 1770 g/mol. The standard InChI is InChI=1S/C13H26.2C12H24.3C11H22.3C10H20.2C9H18.C8H16/c1-4-13(11(2)3)10-12-8-6-5-7-9-12;1-4-12(10(2)3)9-11-7-5-6-8-11;1-4-12(10(2)3)11-8-6-5-7-9-11;1-4-11(9(2)3)8-10-6-5-7-10;1-4-11(10(2)3)8-6-5-7-9-11;1-4-11(9(2)3)10-7-5-6-8-10;1-4-10(8(2)3)7-9-5-6-9;1-4-10(9(2)3)7-5-6-8-10;1-4-10(8(2)3)9-6-5-7-9;1-4-9(8(2)3)6-5-7-9;1-4-9(7(2)3)8-5-6-8;1-4-8(5-6-8)7(2)3/h11-13H,4-10H2,1-3H3;2*10-12H,4-9H2,1-3H3;9-11H,4-8H2,1-3H3;10H,4-9H2,1-3H3;9-11H,4-8H2,1-3H3;8-10H,4-7H2,1-3H3;9H,4-8H2,1-3H3;8-10H,4-7H2,1-3H3;8H,4-7H2,1-3H3;7-9H,4-6H2,1-3H3;7H,4-6H2,1-3H3. The number of hydrogen-bond acceptors (Lipinski definition) is 0. The van der Waals surface area contributed by atoms with Crippen molar-refractivity contribution in [1.82, 2.24) is 0 Å². The first-order valence-corrected chi connectivity index (χ1v) is 59.8. The van der Waals surface area contributed by atoms with Crippen molar-refractivity contribution in [2.45, 2.75) is 622 Å². The fourth-order valence-corrected chi connectivity index (χ4v) is 27.3. The van der Waals surface area contributed by atoms with E-state index in [1.54, 1.807) is 0 Å². The van der Waals surface area contributed by atoms with Crippen molar-refractivity contribution in [3.05, 3.63) is 0 Å². The summed E-state index contributed by atoms with van der Waals surface area (Å²) in [7, 11) is 0. The van der Waals surface area contributed by atoms with Gasteiger partial charge in [0.15, 0.2) is 0 Å². The molecule has 8 unspecified atom stereocenters. The van der Waals surface area contributed by atoms with Crippen LogP contribution in [0.25, 0.3) is 0 Å². The van der Waals surface area contributed by atoms with Gasteiger partial charge in [-0.05, 0) is 277 Å². The molecule has 0 spiro atoms. The summed E-state index contributed by atoms with van der Waals surface area (Å²) in [6.45, 7) is 85.0. The van der Waals surface area contributed by atoms with E-state index in [1.807, 2.05) is 0 Å². The molecule has 0 heteroatoms. The Morgan fingerprint density at radius 2 is 0.349 bits per heavy atom. The van der Waals surface area contributed by atoms with E-state index in [-0.39, 0.29) is 0 Å². The minimum Gasteiger partial charge on any atom is -0.0651 e. The van der Waals surface area contributed by atoms with E-state index in [0.717, 1.165) is 187 Å². The minimum absolute atomic E-state index is 0.720. The summed E-state index contributed by atoms with van der Waals surface area (Å²) >= 11 is 0. The van der Waals surface area contributed by atoms with Crippen LogP contribution in [0.4, 0.5) is 0 Å². The summed E-state index contributed by atoms with van der Waals surface area (Å²) in [5.74, 6) is 27.6. The van der Waals surface area contributed by atoms with Gasteiger partial charge in [-0.2, -0.15) is 0 Å². The van der Waals surface area contributed by atoms with Gasteiger partial charge in [0.25, 0.3) is 0 Å². The van der Waals surface area contributed by atoms with Crippen molar-refractivity contribution < 1.29 is 0 Å². The molecule has 0 bridgehead atoms. The third-order valence-electron chi connectivity index (χ3n) is 39.5. The third kappa shape index (κ3) is 48.8.